The van der Waals surface area contributed by atoms with E-state index in [4.69, 9.17) is 0 Å². The molecule has 2 N–H and O–H groups in total. The molecule has 3 rings (SSSR count). The van der Waals surface area contributed by atoms with E-state index in [0.29, 0.717) is 5.69 Å². The highest BCUT2D eigenvalue weighted by Gasteiger charge is 2.32. The van der Waals surface area contributed by atoms with Crippen molar-refractivity contribution in [1.82, 2.24) is 25.6 Å². The molecule has 1 fully saturated rings. The monoisotopic (exact) mass is 419 g/mol. The summed E-state index contributed by atoms with van der Waals surface area (Å²) in [6.45, 7) is 3.39. The van der Waals surface area contributed by atoms with Gasteiger partial charge in [0.15, 0.2) is 5.69 Å². The number of rotatable bonds is 5. The van der Waals surface area contributed by atoms with Gasteiger partial charge < -0.3 is 15.4 Å². The lowest BCUT2D eigenvalue weighted by Gasteiger charge is -2.23. The van der Waals surface area contributed by atoms with E-state index in [9.17, 15) is 18.0 Å². The Morgan fingerprint density at radius 3 is 2.68 bits per heavy atom. The van der Waals surface area contributed by atoms with Crippen LogP contribution in [0, 0.1) is 6.92 Å². The summed E-state index contributed by atoms with van der Waals surface area (Å²) in [6.07, 6.45) is -3.00. The number of amides is 1. The van der Waals surface area contributed by atoms with E-state index in [0.717, 1.165) is 25.9 Å². The molecule has 0 bridgehead atoms. The van der Waals surface area contributed by atoms with E-state index in [1.54, 1.807) is 17.7 Å². The highest BCUT2D eigenvalue weighted by Crippen LogP contribution is 2.26. The Bertz CT molecular complexity index is 806. The molecule has 0 unspecified atom stereocenters. The van der Waals surface area contributed by atoms with E-state index in [-0.39, 0.29) is 42.0 Å². The van der Waals surface area contributed by atoms with Crippen molar-refractivity contribution in [3.63, 3.8) is 0 Å². The van der Waals surface area contributed by atoms with Gasteiger partial charge in [0, 0.05) is 12.1 Å². The number of carbonyl (C=O) groups is 1. The molecule has 0 spiro atoms. The fourth-order valence-electron chi connectivity index (χ4n) is 3.08. The minimum Gasteiger partial charge on any atom is -0.405 e. The summed E-state index contributed by atoms with van der Waals surface area (Å²) in [4.78, 5) is 12.4. The summed E-state index contributed by atoms with van der Waals surface area (Å²) >= 11 is 0. The van der Waals surface area contributed by atoms with Gasteiger partial charge in [0.25, 0.3) is 5.91 Å². The molecule has 1 aliphatic rings. The van der Waals surface area contributed by atoms with Crippen LogP contribution in [-0.4, -0.2) is 40.4 Å². The lowest BCUT2D eigenvalue weighted by molar-refractivity contribution is -0.274. The maximum Gasteiger partial charge on any atom is 0.573 e. The number of para-hydroxylation sites is 1. The normalized spacial score (nSPS) is 15.0. The number of hydrogen-bond acceptors (Lipinski definition) is 5. The fourth-order valence-corrected chi connectivity index (χ4v) is 3.08. The molecule has 2 heterocycles. The highest BCUT2D eigenvalue weighted by molar-refractivity contribution is 5.93. The van der Waals surface area contributed by atoms with Crippen LogP contribution in [0.25, 0.3) is 0 Å². The SMILES string of the molecule is Cc1c(C(=O)NCc2ccccc2OC(F)(F)F)nnn1C1CCNCC1.Cl. The third-order valence-electron chi connectivity index (χ3n) is 4.43. The van der Waals surface area contributed by atoms with E-state index in [2.05, 4.69) is 25.7 Å². The van der Waals surface area contributed by atoms with Crippen LogP contribution in [0.1, 0.15) is 40.6 Å². The number of ether oxygens (including phenoxy) is 1. The molecule has 154 valence electrons. The predicted octanol–water partition coefficient (Wildman–Crippen LogP) is 2.76. The van der Waals surface area contributed by atoms with Crippen molar-refractivity contribution in [1.29, 1.82) is 0 Å². The molecule has 0 radical (unpaired) electrons. The molecular weight excluding hydrogens is 399 g/mol. The third kappa shape index (κ3) is 5.35. The first-order valence-corrected chi connectivity index (χ1v) is 8.59. The van der Waals surface area contributed by atoms with Gasteiger partial charge in [-0.15, -0.1) is 30.7 Å². The van der Waals surface area contributed by atoms with Crippen LogP contribution in [0.4, 0.5) is 13.2 Å². The average Bonchev–Trinajstić information content (AvgIpc) is 3.02. The van der Waals surface area contributed by atoms with Gasteiger partial charge in [0.1, 0.15) is 5.75 Å². The van der Waals surface area contributed by atoms with Gasteiger partial charge in [-0.1, -0.05) is 23.4 Å². The Morgan fingerprint density at radius 2 is 2.00 bits per heavy atom. The second-order valence-corrected chi connectivity index (χ2v) is 6.29. The zero-order chi connectivity index (χ0) is 19.4. The van der Waals surface area contributed by atoms with E-state index >= 15 is 0 Å². The second-order valence-electron chi connectivity index (χ2n) is 6.29. The number of alkyl halides is 3. The molecule has 11 heteroatoms. The van der Waals surface area contributed by atoms with Crippen molar-refractivity contribution in [2.75, 3.05) is 13.1 Å². The van der Waals surface area contributed by atoms with E-state index in [1.807, 2.05) is 0 Å². The Labute approximate surface area is 166 Å². The van der Waals surface area contributed by atoms with Crippen LogP contribution in [0.15, 0.2) is 24.3 Å². The zero-order valence-electron chi connectivity index (χ0n) is 15.1. The molecule has 1 aliphatic heterocycles. The first-order chi connectivity index (χ1) is 12.8. The van der Waals surface area contributed by atoms with Crippen LogP contribution in [-0.2, 0) is 6.54 Å². The van der Waals surface area contributed by atoms with Gasteiger partial charge in [-0.3, -0.25) is 4.79 Å². The zero-order valence-corrected chi connectivity index (χ0v) is 15.9. The van der Waals surface area contributed by atoms with Crippen LogP contribution in [0.3, 0.4) is 0 Å². The summed E-state index contributed by atoms with van der Waals surface area (Å²) < 4.78 is 43.2. The lowest BCUT2D eigenvalue weighted by Crippen LogP contribution is -2.30. The molecule has 1 amide bonds. The summed E-state index contributed by atoms with van der Waals surface area (Å²) in [5, 5.41) is 13.9. The number of piperidine rings is 1. The van der Waals surface area contributed by atoms with Crippen molar-refractivity contribution < 1.29 is 22.7 Å². The molecule has 28 heavy (non-hydrogen) atoms. The Balaban J connectivity index is 0.00000280. The van der Waals surface area contributed by atoms with Gasteiger partial charge in [0.2, 0.25) is 0 Å². The Kier molecular flexibility index (Phi) is 7.25. The van der Waals surface area contributed by atoms with Crippen LogP contribution in [0.2, 0.25) is 0 Å². The van der Waals surface area contributed by atoms with E-state index < -0.39 is 12.3 Å². The van der Waals surface area contributed by atoms with Crippen molar-refractivity contribution in [2.24, 2.45) is 0 Å². The highest BCUT2D eigenvalue weighted by atomic mass is 35.5. The Hall–Kier alpha value is -2.33. The molecular formula is C17H21ClF3N5O2. The van der Waals surface area contributed by atoms with Crippen molar-refractivity contribution >= 4 is 18.3 Å². The number of carbonyl (C=O) groups excluding carboxylic acids is 1. The first kappa shape index (κ1) is 22.0. The fraction of sp³-hybridized carbons (Fsp3) is 0.471. The van der Waals surface area contributed by atoms with Crippen molar-refractivity contribution in [2.45, 2.75) is 38.7 Å². The molecule has 0 aliphatic carbocycles. The molecule has 0 saturated carbocycles. The Morgan fingerprint density at radius 1 is 1.32 bits per heavy atom. The maximum absolute atomic E-state index is 12.5. The van der Waals surface area contributed by atoms with Gasteiger partial charge in [-0.05, 0) is 38.9 Å². The van der Waals surface area contributed by atoms with Gasteiger partial charge in [0.05, 0.1) is 11.7 Å². The summed E-state index contributed by atoms with van der Waals surface area (Å²) in [6, 6.07) is 5.85. The summed E-state index contributed by atoms with van der Waals surface area (Å²) in [7, 11) is 0. The second kappa shape index (κ2) is 9.24. The molecule has 7 nitrogen and oxygen atoms in total. The maximum atomic E-state index is 12.5. The largest absolute Gasteiger partial charge is 0.573 e. The minimum absolute atomic E-state index is 0. The number of nitrogens with zero attached hydrogens (tertiary/aromatic N) is 3. The quantitative estimate of drug-likeness (QED) is 0.779. The number of halogens is 4. The molecule has 1 aromatic heterocycles. The topological polar surface area (TPSA) is 81.1 Å². The average molecular weight is 420 g/mol. The molecule has 2 aromatic rings. The summed E-state index contributed by atoms with van der Waals surface area (Å²) in [5.74, 6) is -0.838. The number of hydrogen-bond donors (Lipinski definition) is 2. The molecule has 0 atom stereocenters. The van der Waals surface area contributed by atoms with Gasteiger partial charge >= 0.3 is 6.36 Å². The lowest BCUT2D eigenvalue weighted by atomic mass is 10.1. The van der Waals surface area contributed by atoms with Crippen LogP contribution >= 0.6 is 12.4 Å². The van der Waals surface area contributed by atoms with Crippen LogP contribution < -0.4 is 15.4 Å². The van der Waals surface area contributed by atoms with Crippen molar-refractivity contribution in [3.05, 3.63) is 41.2 Å². The number of nitrogens with one attached hydrogen (secondary N) is 2. The number of aromatic nitrogens is 3. The third-order valence-corrected chi connectivity index (χ3v) is 4.43. The summed E-state index contributed by atoms with van der Waals surface area (Å²) in [5.41, 5.74) is 1.02. The molecule has 1 aromatic carbocycles. The van der Waals surface area contributed by atoms with E-state index in [1.165, 1.54) is 18.2 Å². The smallest absolute Gasteiger partial charge is 0.405 e. The minimum atomic E-state index is -4.80. The van der Waals surface area contributed by atoms with Crippen molar-refractivity contribution in [3.8, 4) is 5.75 Å². The first-order valence-electron chi connectivity index (χ1n) is 8.59. The molecule has 1 saturated heterocycles. The standard InChI is InChI=1S/C17H20F3N5O2.ClH/c1-11-15(23-24-25(11)13-6-8-21-9-7-13)16(26)22-10-12-4-2-3-5-14(12)27-17(18,19)20;/h2-5,13,21H,6-10H2,1H3,(H,22,26);1H. The number of benzene rings is 1. The van der Waals surface area contributed by atoms with Gasteiger partial charge in [-0.25, -0.2) is 4.68 Å². The predicted molar refractivity (Wildman–Crippen MR) is 97.4 cm³/mol. The van der Waals surface area contributed by atoms with Crippen LogP contribution in [0.5, 0.6) is 5.75 Å². The van der Waals surface area contributed by atoms with Gasteiger partial charge in [-0.2, -0.15) is 0 Å².